The molecule has 3 nitrogen and oxygen atoms in total. The fourth-order valence-electron chi connectivity index (χ4n) is 3.68. The number of alkyl halides is 1. The molecule has 4 heteroatoms. The largest absolute Gasteiger partial charge is 0.338 e. The normalized spacial score (nSPS) is 44.4. The first-order valence-corrected chi connectivity index (χ1v) is 6.74. The highest BCUT2D eigenvalue weighted by atomic mass is 35.5. The van der Waals surface area contributed by atoms with Crippen LogP contribution < -0.4 is 0 Å². The molecule has 0 radical (unpaired) electrons. The Morgan fingerprint density at radius 2 is 1.81 bits per heavy atom. The summed E-state index contributed by atoms with van der Waals surface area (Å²) < 4.78 is 0. The Kier molecular flexibility index (Phi) is 2.63. The van der Waals surface area contributed by atoms with Gasteiger partial charge in [0.15, 0.2) is 0 Å². The molecule has 0 N–H and O–H groups in total. The SMILES string of the molecule is CN1C2CCC1CC(N1CC(Cl)CC1=O)C2. The monoisotopic (exact) mass is 242 g/mol. The number of hydrogen-bond donors (Lipinski definition) is 0. The lowest BCUT2D eigenvalue weighted by atomic mass is 9.97. The molecule has 2 bridgehead atoms. The van der Waals surface area contributed by atoms with Crippen molar-refractivity contribution in [2.75, 3.05) is 13.6 Å². The quantitative estimate of drug-likeness (QED) is 0.650. The lowest BCUT2D eigenvalue weighted by Crippen LogP contribution is -2.49. The molecule has 3 aliphatic heterocycles. The molecule has 0 saturated carbocycles. The summed E-state index contributed by atoms with van der Waals surface area (Å²) in [5, 5.41) is 0.0461. The molecule has 0 aliphatic carbocycles. The summed E-state index contributed by atoms with van der Waals surface area (Å²) in [6.45, 7) is 0.772. The average Bonchev–Trinajstić information content (AvgIpc) is 2.65. The minimum Gasteiger partial charge on any atom is -0.338 e. The molecule has 0 aromatic carbocycles. The van der Waals surface area contributed by atoms with E-state index < -0.39 is 0 Å². The van der Waals surface area contributed by atoms with Gasteiger partial charge in [0.05, 0.1) is 5.38 Å². The second-order valence-electron chi connectivity index (χ2n) is 5.52. The van der Waals surface area contributed by atoms with Gasteiger partial charge in [0.2, 0.25) is 5.91 Å². The van der Waals surface area contributed by atoms with E-state index in [0.717, 1.165) is 19.4 Å². The molecule has 0 spiro atoms. The standard InChI is InChI=1S/C12H19ClN2O/c1-14-9-2-3-10(14)6-11(5-9)15-7-8(13)4-12(15)16/h8-11H,2-7H2,1H3. The molecule has 90 valence electrons. The van der Waals surface area contributed by atoms with Gasteiger partial charge in [0.25, 0.3) is 0 Å². The van der Waals surface area contributed by atoms with Crippen molar-refractivity contribution in [3.05, 3.63) is 0 Å². The van der Waals surface area contributed by atoms with Crippen LogP contribution in [-0.2, 0) is 4.79 Å². The number of carbonyl (C=O) groups excluding carboxylic acids is 1. The van der Waals surface area contributed by atoms with Crippen LogP contribution in [0, 0.1) is 0 Å². The van der Waals surface area contributed by atoms with Crippen molar-refractivity contribution in [1.82, 2.24) is 9.80 Å². The highest BCUT2D eigenvalue weighted by Crippen LogP contribution is 2.37. The number of halogens is 1. The van der Waals surface area contributed by atoms with E-state index in [1.807, 2.05) is 0 Å². The number of piperidine rings is 1. The molecule has 3 aliphatic rings. The third-order valence-electron chi connectivity index (χ3n) is 4.63. The zero-order chi connectivity index (χ0) is 11.3. The maximum absolute atomic E-state index is 11.8. The molecular weight excluding hydrogens is 224 g/mol. The van der Waals surface area contributed by atoms with Gasteiger partial charge in [0, 0.05) is 31.1 Å². The Bertz CT molecular complexity index is 295. The van der Waals surface area contributed by atoms with Gasteiger partial charge in [-0.1, -0.05) is 0 Å². The van der Waals surface area contributed by atoms with Crippen LogP contribution in [0.3, 0.4) is 0 Å². The molecular formula is C12H19ClN2O. The van der Waals surface area contributed by atoms with Crippen molar-refractivity contribution in [2.45, 2.75) is 55.6 Å². The van der Waals surface area contributed by atoms with Gasteiger partial charge >= 0.3 is 0 Å². The number of fused-ring (bicyclic) bond motifs is 2. The molecule has 0 aromatic heterocycles. The second-order valence-corrected chi connectivity index (χ2v) is 6.14. The number of rotatable bonds is 1. The lowest BCUT2D eigenvalue weighted by Gasteiger charge is -2.40. The summed E-state index contributed by atoms with van der Waals surface area (Å²) in [7, 11) is 2.23. The molecule has 3 rings (SSSR count). The Hall–Kier alpha value is -0.280. The van der Waals surface area contributed by atoms with E-state index in [4.69, 9.17) is 11.6 Å². The summed E-state index contributed by atoms with van der Waals surface area (Å²) in [6.07, 6.45) is 5.47. The van der Waals surface area contributed by atoms with Crippen molar-refractivity contribution in [2.24, 2.45) is 0 Å². The summed E-state index contributed by atoms with van der Waals surface area (Å²) >= 11 is 6.07. The third-order valence-corrected chi connectivity index (χ3v) is 4.92. The summed E-state index contributed by atoms with van der Waals surface area (Å²) in [4.78, 5) is 16.4. The molecule has 3 atom stereocenters. The van der Waals surface area contributed by atoms with E-state index in [1.165, 1.54) is 12.8 Å². The van der Waals surface area contributed by atoms with Crippen LogP contribution in [-0.4, -0.2) is 52.8 Å². The maximum Gasteiger partial charge on any atom is 0.224 e. The number of hydrogen-bond acceptors (Lipinski definition) is 2. The van der Waals surface area contributed by atoms with Crippen molar-refractivity contribution >= 4 is 17.5 Å². The number of nitrogens with zero attached hydrogens (tertiary/aromatic N) is 2. The van der Waals surface area contributed by atoms with E-state index in [1.54, 1.807) is 0 Å². The predicted octanol–water partition coefficient (Wildman–Crippen LogP) is 1.45. The van der Waals surface area contributed by atoms with Gasteiger partial charge in [-0.05, 0) is 32.7 Å². The minimum atomic E-state index is 0.0461. The van der Waals surface area contributed by atoms with Crippen LogP contribution in [0.5, 0.6) is 0 Å². The van der Waals surface area contributed by atoms with Crippen LogP contribution in [0.2, 0.25) is 0 Å². The van der Waals surface area contributed by atoms with Gasteiger partial charge in [-0.15, -0.1) is 11.6 Å². The lowest BCUT2D eigenvalue weighted by molar-refractivity contribution is -0.130. The fourth-order valence-corrected chi connectivity index (χ4v) is 3.96. The summed E-state index contributed by atoms with van der Waals surface area (Å²) in [6, 6.07) is 1.86. The number of likely N-dealkylation sites (tertiary alicyclic amines) is 1. The van der Waals surface area contributed by atoms with Gasteiger partial charge in [-0.3, -0.25) is 4.79 Å². The van der Waals surface area contributed by atoms with Crippen LogP contribution in [0.15, 0.2) is 0 Å². The zero-order valence-corrected chi connectivity index (χ0v) is 10.5. The zero-order valence-electron chi connectivity index (χ0n) is 9.73. The van der Waals surface area contributed by atoms with E-state index in [-0.39, 0.29) is 11.3 Å². The summed E-state index contributed by atoms with van der Waals surface area (Å²) in [5.41, 5.74) is 0. The fraction of sp³-hybridized carbons (Fsp3) is 0.917. The van der Waals surface area contributed by atoms with Crippen molar-refractivity contribution in [3.63, 3.8) is 0 Å². The van der Waals surface area contributed by atoms with Crippen molar-refractivity contribution in [1.29, 1.82) is 0 Å². The third kappa shape index (κ3) is 1.65. The maximum atomic E-state index is 11.8. The molecule has 0 aromatic rings. The van der Waals surface area contributed by atoms with Crippen molar-refractivity contribution in [3.8, 4) is 0 Å². The van der Waals surface area contributed by atoms with Gasteiger partial charge in [0.1, 0.15) is 0 Å². The molecule has 3 fully saturated rings. The Morgan fingerprint density at radius 3 is 2.31 bits per heavy atom. The molecule has 16 heavy (non-hydrogen) atoms. The second kappa shape index (κ2) is 3.88. The number of carbonyl (C=O) groups is 1. The van der Waals surface area contributed by atoms with Crippen LogP contribution >= 0.6 is 11.6 Å². The van der Waals surface area contributed by atoms with E-state index in [0.29, 0.717) is 24.5 Å². The van der Waals surface area contributed by atoms with Gasteiger partial charge in [-0.25, -0.2) is 0 Å². The minimum absolute atomic E-state index is 0.0461. The first kappa shape index (κ1) is 10.8. The van der Waals surface area contributed by atoms with E-state index >= 15 is 0 Å². The highest BCUT2D eigenvalue weighted by molar-refractivity contribution is 6.22. The van der Waals surface area contributed by atoms with Gasteiger partial charge in [-0.2, -0.15) is 0 Å². The smallest absolute Gasteiger partial charge is 0.224 e. The number of amides is 1. The molecule has 3 heterocycles. The van der Waals surface area contributed by atoms with Crippen LogP contribution in [0.1, 0.15) is 32.1 Å². The molecule has 3 unspecified atom stereocenters. The Morgan fingerprint density at radius 1 is 1.19 bits per heavy atom. The van der Waals surface area contributed by atoms with Crippen LogP contribution in [0.25, 0.3) is 0 Å². The predicted molar refractivity (Wildman–Crippen MR) is 63.6 cm³/mol. The first-order chi connectivity index (χ1) is 7.65. The van der Waals surface area contributed by atoms with Gasteiger partial charge < -0.3 is 9.80 Å². The Balaban J connectivity index is 1.71. The highest BCUT2D eigenvalue weighted by Gasteiger charge is 2.43. The average molecular weight is 243 g/mol. The topological polar surface area (TPSA) is 23.6 Å². The van der Waals surface area contributed by atoms with E-state index in [2.05, 4.69) is 16.8 Å². The summed E-state index contributed by atoms with van der Waals surface area (Å²) in [5.74, 6) is 0.272. The molecule has 1 amide bonds. The van der Waals surface area contributed by atoms with E-state index in [9.17, 15) is 4.79 Å². The molecule has 3 saturated heterocycles. The first-order valence-electron chi connectivity index (χ1n) is 6.30. The van der Waals surface area contributed by atoms with Crippen LogP contribution in [0.4, 0.5) is 0 Å². The van der Waals surface area contributed by atoms with Crippen molar-refractivity contribution < 1.29 is 4.79 Å². The Labute approximate surface area is 102 Å².